The number of carbonyl (C=O) groups is 1. The van der Waals surface area contributed by atoms with E-state index < -0.39 is 11.9 Å². The Bertz CT molecular complexity index is 880. The molecule has 3 N–H and O–H groups in total. The second-order valence-corrected chi connectivity index (χ2v) is 7.91. The molecule has 4 rings (SSSR count). The van der Waals surface area contributed by atoms with Crippen LogP contribution >= 0.6 is 11.6 Å². The Morgan fingerprint density at radius 2 is 1.96 bits per heavy atom. The normalized spacial score (nSPS) is 23.5. The molecule has 0 unspecified atom stereocenters. The van der Waals surface area contributed by atoms with Crippen LogP contribution in [0.3, 0.4) is 0 Å². The van der Waals surface area contributed by atoms with Gasteiger partial charge in [-0.05, 0) is 41.7 Å². The van der Waals surface area contributed by atoms with E-state index in [-0.39, 0.29) is 28.8 Å². The third kappa shape index (κ3) is 3.04. The van der Waals surface area contributed by atoms with Crippen molar-refractivity contribution in [2.75, 3.05) is 13.1 Å². The summed E-state index contributed by atoms with van der Waals surface area (Å²) in [4.78, 5) is 14.5. The minimum absolute atomic E-state index is 0.0385. The minimum Gasteiger partial charge on any atom is -0.390 e. The van der Waals surface area contributed by atoms with E-state index >= 15 is 0 Å². The van der Waals surface area contributed by atoms with Crippen LogP contribution in [0.4, 0.5) is 4.39 Å². The second-order valence-electron chi connectivity index (χ2n) is 7.51. The molecule has 1 aliphatic heterocycles. The van der Waals surface area contributed by atoms with Gasteiger partial charge in [-0.3, -0.25) is 4.79 Å². The fourth-order valence-electron chi connectivity index (χ4n) is 4.57. The Morgan fingerprint density at radius 3 is 2.67 bits per heavy atom. The van der Waals surface area contributed by atoms with Gasteiger partial charge in [-0.2, -0.15) is 0 Å². The average Bonchev–Trinajstić information content (AvgIpc) is 2.87. The third-order valence-corrected chi connectivity index (χ3v) is 6.48. The molecular weight excluding hydrogens is 367 g/mol. The molecule has 1 saturated heterocycles. The highest BCUT2D eigenvalue weighted by molar-refractivity contribution is 6.31. The number of hydrogen-bond acceptors (Lipinski definition) is 3. The highest BCUT2D eigenvalue weighted by atomic mass is 35.5. The van der Waals surface area contributed by atoms with Crippen molar-refractivity contribution in [3.05, 3.63) is 70.0 Å². The standard InChI is InChI=1S/C21H22ClFN2O2/c22-17-12-14(23)6-5-13(17)11-18(26)25-9-7-21(8-10-25)16-4-2-1-3-15(16)19(24)20(21)27/h1-6,12,19-20,27H,7-11,24H2/t19-,20+/m0/s1. The Labute approximate surface area is 162 Å². The number of aliphatic hydroxyl groups excluding tert-OH is 1. The highest BCUT2D eigenvalue weighted by Gasteiger charge is 2.51. The van der Waals surface area contributed by atoms with Gasteiger partial charge >= 0.3 is 0 Å². The first-order valence-corrected chi connectivity index (χ1v) is 9.55. The van der Waals surface area contributed by atoms with E-state index in [0.717, 1.165) is 11.1 Å². The van der Waals surface area contributed by atoms with Gasteiger partial charge in [0, 0.05) is 23.5 Å². The van der Waals surface area contributed by atoms with Crippen LogP contribution in [0.2, 0.25) is 5.02 Å². The number of likely N-dealkylation sites (tertiary alicyclic amines) is 1. The van der Waals surface area contributed by atoms with Crippen molar-refractivity contribution < 1.29 is 14.3 Å². The fraction of sp³-hybridized carbons (Fsp3) is 0.381. The molecule has 142 valence electrons. The largest absolute Gasteiger partial charge is 0.390 e. The summed E-state index contributed by atoms with van der Waals surface area (Å²) in [6.45, 7) is 1.10. The van der Waals surface area contributed by atoms with Crippen LogP contribution in [0.15, 0.2) is 42.5 Å². The highest BCUT2D eigenvalue weighted by Crippen LogP contribution is 2.50. The van der Waals surface area contributed by atoms with E-state index in [1.165, 1.54) is 12.1 Å². The molecular formula is C21H22ClFN2O2. The summed E-state index contributed by atoms with van der Waals surface area (Å²) in [5.74, 6) is -0.454. The molecule has 1 aliphatic carbocycles. The lowest BCUT2D eigenvalue weighted by Crippen LogP contribution is -2.50. The van der Waals surface area contributed by atoms with Crippen LogP contribution in [0.5, 0.6) is 0 Å². The van der Waals surface area contributed by atoms with Crippen LogP contribution in [0.1, 0.15) is 35.6 Å². The zero-order valence-electron chi connectivity index (χ0n) is 14.9. The molecule has 2 aromatic rings. The van der Waals surface area contributed by atoms with E-state index in [9.17, 15) is 14.3 Å². The molecule has 27 heavy (non-hydrogen) atoms. The van der Waals surface area contributed by atoms with Gasteiger partial charge in [-0.25, -0.2) is 4.39 Å². The first-order valence-electron chi connectivity index (χ1n) is 9.17. The van der Waals surface area contributed by atoms with Gasteiger partial charge in [0.15, 0.2) is 0 Å². The molecule has 0 aromatic heterocycles. The predicted molar refractivity (Wildman–Crippen MR) is 102 cm³/mol. The van der Waals surface area contributed by atoms with Gasteiger partial charge in [-0.15, -0.1) is 0 Å². The number of nitrogens with two attached hydrogens (primary N) is 1. The maximum atomic E-state index is 13.2. The lowest BCUT2D eigenvalue weighted by Gasteiger charge is -2.42. The van der Waals surface area contributed by atoms with Gasteiger partial charge in [0.2, 0.25) is 5.91 Å². The number of aliphatic hydroxyl groups is 1. The molecule has 2 aromatic carbocycles. The van der Waals surface area contributed by atoms with Gasteiger partial charge in [-0.1, -0.05) is 41.9 Å². The molecule has 4 nitrogen and oxygen atoms in total. The van der Waals surface area contributed by atoms with E-state index in [1.807, 2.05) is 24.3 Å². The monoisotopic (exact) mass is 388 g/mol. The summed E-state index contributed by atoms with van der Waals surface area (Å²) in [5.41, 5.74) is 8.59. The van der Waals surface area contributed by atoms with Crippen molar-refractivity contribution in [1.82, 2.24) is 4.90 Å². The summed E-state index contributed by atoms with van der Waals surface area (Å²) in [6, 6.07) is 11.6. The third-order valence-electron chi connectivity index (χ3n) is 6.13. The average molecular weight is 389 g/mol. The quantitative estimate of drug-likeness (QED) is 0.831. The van der Waals surface area contributed by atoms with E-state index in [4.69, 9.17) is 17.3 Å². The molecule has 2 atom stereocenters. The molecule has 0 bridgehead atoms. The summed E-state index contributed by atoms with van der Waals surface area (Å²) in [5, 5.41) is 11.1. The van der Waals surface area contributed by atoms with Crippen molar-refractivity contribution in [3.63, 3.8) is 0 Å². The molecule has 0 radical (unpaired) electrons. The van der Waals surface area contributed by atoms with E-state index in [0.29, 0.717) is 31.5 Å². The first-order chi connectivity index (χ1) is 12.9. The summed E-state index contributed by atoms with van der Waals surface area (Å²) < 4.78 is 13.2. The smallest absolute Gasteiger partial charge is 0.227 e. The Morgan fingerprint density at radius 1 is 1.26 bits per heavy atom. The maximum Gasteiger partial charge on any atom is 0.227 e. The number of rotatable bonds is 2. The number of benzene rings is 2. The Hall–Kier alpha value is -1.95. The Kier molecular flexibility index (Phi) is 4.70. The van der Waals surface area contributed by atoms with Crippen LogP contribution in [0, 0.1) is 5.82 Å². The minimum atomic E-state index is -0.640. The van der Waals surface area contributed by atoms with Crippen LogP contribution < -0.4 is 5.73 Å². The summed E-state index contributed by atoms with van der Waals surface area (Å²) >= 11 is 6.04. The molecule has 1 spiro atoms. The van der Waals surface area contributed by atoms with Crippen LogP contribution in [-0.4, -0.2) is 35.1 Å². The SMILES string of the molecule is N[C@H]1c2ccccc2C2(CCN(C(=O)Cc3ccc(F)cc3Cl)CC2)[C@@H]1O. The number of amides is 1. The molecule has 1 heterocycles. The fourth-order valence-corrected chi connectivity index (χ4v) is 4.81. The summed E-state index contributed by atoms with van der Waals surface area (Å²) in [7, 11) is 0. The van der Waals surface area contributed by atoms with Crippen molar-refractivity contribution in [1.29, 1.82) is 0 Å². The molecule has 1 amide bonds. The molecule has 0 saturated carbocycles. The van der Waals surface area contributed by atoms with Gasteiger partial charge in [0.05, 0.1) is 18.6 Å². The zero-order chi connectivity index (χ0) is 19.2. The predicted octanol–water partition coefficient (Wildman–Crippen LogP) is 2.96. The van der Waals surface area contributed by atoms with Crippen molar-refractivity contribution in [2.24, 2.45) is 5.73 Å². The number of piperidine rings is 1. The van der Waals surface area contributed by atoms with Crippen LogP contribution in [-0.2, 0) is 16.6 Å². The van der Waals surface area contributed by atoms with Gasteiger partial charge in [0.1, 0.15) is 5.82 Å². The van der Waals surface area contributed by atoms with Crippen molar-refractivity contribution >= 4 is 17.5 Å². The topological polar surface area (TPSA) is 66.6 Å². The van der Waals surface area contributed by atoms with Gasteiger partial charge in [0.25, 0.3) is 0 Å². The zero-order valence-corrected chi connectivity index (χ0v) is 15.6. The number of halogens is 2. The number of hydrogen-bond donors (Lipinski definition) is 2. The molecule has 2 aliphatic rings. The lowest BCUT2D eigenvalue weighted by molar-refractivity contribution is -0.132. The number of fused-ring (bicyclic) bond motifs is 2. The lowest BCUT2D eigenvalue weighted by atomic mass is 9.72. The second kappa shape index (κ2) is 6.89. The summed E-state index contributed by atoms with van der Waals surface area (Å²) in [6.07, 6.45) is 0.840. The Balaban J connectivity index is 1.48. The maximum absolute atomic E-state index is 13.2. The first kappa shape index (κ1) is 18.4. The number of carbonyl (C=O) groups excluding carboxylic acids is 1. The molecule has 1 fully saturated rings. The van der Waals surface area contributed by atoms with E-state index in [1.54, 1.807) is 11.0 Å². The van der Waals surface area contributed by atoms with Crippen molar-refractivity contribution in [2.45, 2.75) is 36.8 Å². The van der Waals surface area contributed by atoms with Gasteiger partial charge < -0.3 is 15.7 Å². The molecule has 6 heteroatoms. The van der Waals surface area contributed by atoms with E-state index in [2.05, 4.69) is 0 Å². The van der Waals surface area contributed by atoms with Crippen molar-refractivity contribution in [3.8, 4) is 0 Å². The van der Waals surface area contributed by atoms with Crippen LogP contribution in [0.25, 0.3) is 0 Å². The number of nitrogens with zero attached hydrogens (tertiary/aromatic N) is 1.